The minimum Gasteiger partial charge on any atom is -0.338 e. The molecule has 0 saturated heterocycles. The van der Waals surface area contributed by atoms with Crippen LogP contribution in [0.5, 0.6) is 0 Å². The summed E-state index contributed by atoms with van der Waals surface area (Å²) < 4.78 is 0. The second-order valence-electron chi connectivity index (χ2n) is 7.28. The number of urea groups is 1. The molecule has 2 amide bonds. The average Bonchev–Trinajstić information content (AvgIpc) is 2.46. The number of amides is 2. The van der Waals surface area contributed by atoms with Crippen LogP contribution in [0.1, 0.15) is 53.5 Å². The topological polar surface area (TPSA) is 44.4 Å². The van der Waals surface area contributed by atoms with Gasteiger partial charge < -0.3 is 15.5 Å². The molecule has 0 radical (unpaired) electrons. The Balaban J connectivity index is 2.34. The zero-order valence-corrected chi connectivity index (χ0v) is 15.6. The molecule has 0 unspecified atom stereocenters. The average molecular weight is 319 g/mol. The molecule has 23 heavy (non-hydrogen) atoms. The van der Waals surface area contributed by atoms with Gasteiger partial charge in [-0.25, -0.2) is 4.79 Å². The maximum Gasteiger partial charge on any atom is 0.319 e. The van der Waals surface area contributed by atoms with Crippen LogP contribution in [-0.2, 0) is 5.41 Å². The van der Waals surface area contributed by atoms with Crippen molar-refractivity contribution in [2.75, 3.05) is 25.0 Å². The lowest BCUT2D eigenvalue weighted by Crippen LogP contribution is -2.35. The minimum absolute atomic E-state index is 0.127. The van der Waals surface area contributed by atoms with E-state index in [1.165, 1.54) is 5.56 Å². The van der Waals surface area contributed by atoms with E-state index in [-0.39, 0.29) is 11.4 Å². The molecule has 0 aliphatic heterocycles. The van der Waals surface area contributed by atoms with Gasteiger partial charge in [-0.15, -0.1) is 0 Å². The van der Waals surface area contributed by atoms with Crippen molar-refractivity contribution >= 4 is 11.7 Å². The highest BCUT2D eigenvalue weighted by atomic mass is 16.2. The molecular weight excluding hydrogens is 286 g/mol. The second-order valence-corrected chi connectivity index (χ2v) is 7.28. The molecule has 1 rings (SSSR count). The Bertz CT molecular complexity index is 474. The van der Waals surface area contributed by atoms with Crippen LogP contribution in [0.4, 0.5) is 10.5 Å². The van der Waals surface area contributed by atoms with E-state index in [2.05, 4.69) is 69.2 Å². The van der Waals surface area contributed by atoms with E-state index in [0.717, 1.165) is 25.2 Å². The summed E-state index contributed by atoms with van der Waals surface area (Å²) in [5.41, 5.74) is 2.21. The quantitative estimate of drug-likeness (QED) is 0.739. The van der Waals surface area contributed by atoms with Crippen molar-refractivity contribution in [3.63, 3.8) is 0 Å². The van der Waals surface area contributed by atoms with Gasteiger partial charge in [0, 0.05) is 24.8 Å². The largest absolute Gasteiger partial charge is 0.338 e. The maximum absolute atomic E-state index is 11.9. The molecule has 1 aromatic carbocycles. The second kappa shape index (κ2) is 8.92. The molecule has 0 saturated carbocycles. The summed E-state index contributed by atoms with van der Waals surface area (Å²) >= 11 is 0. The highest BCUT2D eigenvalue weighted by Gasteiger charge is 2.13. The SMILES string of the molecule is CCN(CCCNC(=O)Nc1ccc(C(C)(C)C)cc1)C(C)C. The van der Waals surface area contributed by atoms with Crippen LogP contribution in [0.25, 0.3) is 0 Å². The van der Waals surface area contributed by atoms with E-state index in [4.69, 9.17) is 0 Å². The summed E-state index contributed by atoms with van der Waals surface area (Å²) in [6.45, 7) is 15.8. The number of hydrogen-bond donors (Lipinski definition) is 2. The zero-order valence-electron chi connectivity index (χ0n) is 15.6. The monoisotopic (exact) mass is 319 g/mol. The third kappa shape index (κ3) is 7.04. The number of nitrogens with one attached hydrogen (secondary N) is 2. The van der Waals surface area contributed by atoms with Crippen molar-refractivity contribution in [1.29, 1.82) is 0 Å². The summed E-state index contributed by atoms with van der Waals surface area (Å²) in [4.78, 5) is 14.3. The standard InChI is InChI=1S/C19H33N3O/c1-7-22(15(2)3)14-8-13-20-18(23)21-17-11-9-16(10-12-17)19(4,5)6/h9-12,15H,7-8,13-14H2,1-6H3,(H2,20,21,23). The predicted molar refractivity (Wildman–Crippen MR) is 99.2 cm³/mol. The molecule has 0 atom stereocenters. The van der Waals surface area contributed by atoms with Gasteiger partial charge in [0.25, 0.3) is 0 Å². The van der Waals surface area contributed by atoms with E-state index >= 15 is 0 Å². The van der Waals surface area contributed by atoms with Crippen molar-refractivity contribution in [1.82, 2.24) is 10.2 Å². The van der Waals surface area contributed by atoms with Crippen LogP contribution < -0.4 is 10.6 Å². The predicted octanol–water partition coefficient (Wildman–Crippen LogP) is 4.23. The molecule has 0 spiro atoms. The minimum atomic E-state index is -0.138. The first-order valence-electron chi connectivity index (χ1n) is 8.63. The fourth-order valence-electron chi connectivity index (χ4n) is 2.49. The van der Waals surface area contributed by atoms with Crippen LogP contribution in [0, 0.1) is 0 Å². The molecule has 0 fully saturated rings. The fourth-order valence-corrected chi connectivity index (χ4v) is 2.49. The molecule has 4 heteroatoms. The van der Waals surface area contributed by atoms with E-state index in [0.29, 0.717) is 12.6 Å². The molecular formula is C19H33N3O. The van der Waals surface area contributed by atoms with E-state index < -0.39 is 0 Å². The molecule has 1 aromatic rings. The first-order chi connectivity index (χ1) is 10.7. The van der Waals surface area contributed by atoms with Crippen molar-refractivity contribution < 1.29 is 4.79 Å². The van der Waals surface area contributed by atoms with E-state index in [1.807, 2.05) is 12.1 Å². The Morgan fingerprint density at radius 2 is 1.78 bits per heavy atom. The molecule has 2 N–H and O–H groups in total. The number of rotatable bonds is 7. The number of hydrogen-bond acceptors (Lipinski definition) is 2. The Hall–Kier alpha value is -1.55. The molecule has 4 nitrogen and oxygen atoms in total. The normalized spacial score (nSPS) is 11.8. The van der Waals surface area contributed by atoms with Crippen molar-refractivity contribution in [2.24, 2.45) is 0 Å². The smallest absolute Gasteiger partial charge is 0.319 e. The molecule has 0 aromatic heterocycles. The Morgan fingerprint density at radius 3 is 2.26 bits per heavy atom. The summed E-state index contributed by atoms with van der Waals surface area (Å²) in [5.74, 6) is 0. The third-order valence-corrected chi connectivity index (χ3v) is 4.05. The number of carbonyl (C=O) groups is 1. The van der Waals surface area contributed by atoms with Crippen LogP contribution in [0.15, 0.2) is 24.3 Å². The fraction of sp³-hybridized carbons (Fsp3) is 0.632. The molecule has 0 heterocycles. The lowest BCUT2D eigenvalue weighted by molar-refractivity contribution is 0.228. The Morgan fingerprint density at radius 1 is 1.17 bits per heavy atom. The molecule has 0 aliphatic rings. The third-order valence-electron chi connectivity index (χ3n) is 4.05. The molecule has 130 valence electrons. The highest BCUT2D eigenvalue weighted by Crippen LogP contribution is 2.23. The Labute approximate surface area is 141 Å². The highest BCUT2D eigenvalue weighted by molar-refractivity contribution is 5.89. The number of benzene rings is 1. The number of carbonyl (C=O) groups excluding carboxylic acids is 1. The van der Waals surface area contributed by atoms with Gasteiger partial charge in [0.2, 0.25) is 0 Å². The van der Waals surface area contributed by atoms with Crippen molar-refractivity contribution in [3.05, 3.63) is 29.8 Å². The van der Waals surface area contributed by atoms with Gasteiger partial charge in [-0.05, 0) is 49.9 Å². The van der Waals surface area contributed by atoms with Crippen LogP contribution in [0.3, 0.4) is 0 Å². The Kier molecular flexibility index (Phi) is 7.56. The maximum atomic E-state index is 11.9. The van der Waals surface area contributed by atoms with Crippen LogP contribution in [-0.4, -0.2) is 36.6 Å². The first kappa shape index (κ1) is 19.5. The number of nitrogens with zero attached hydrogens (tertiary/aromatic N) is 1. The van der Waals surface area contributed by atoms with E-state index in [9.17, 15) is 4.79 Å². The van der Waals surface area contributed by atoms with Gasteiger partial charge in [-0.2, -0.15) is 0 Å². The van der Waals surface area contributed by atoms with Gasteiger partial charge >= 0.3 is 6.03 Å². The van der Waals surface area contributed by atoms with Crippen molar-refractivity contribution in [3.8, 4) is 0 Å². The summed E-state index contributed by atoms with van der Waals surface area (Å²) in [7, 11) is 0. The van der Waals surface area contributed by atoms with Crippen LogP contribution in [0.2, 0.25) is 0 Å². The lowest BCUT2D eigenvalue weighted by atomic mass is 9.87. The summed E-state index contributed by atoms with van der Waals surface area (Å²) in [6.07, 6.45) is 0.961. The van der Waals surface area contributed by atoms with Gasteiger partial charge in [-0.1, -0.05) is 39.8 Å². The zero-order chi connectivity index (χ0) is 17.5. The molecule has 0 aliphatic carbocycles. The number of anilines is 1. The first-order valence-corrected chi connectivity index (χ1v) is 8.63. The summed E-state index contributed by atoms with van der Waals surface area (Å²) in [6, 6.07) is 8.46. The molecule has 0 bridgehead atoms. The van der Waals surface area contributed by atoms with Crippen molar-refractivity contribution in [2.45, 2.75) is 59.4 Å². The lowest BCUT2D eigenvalue weighted by Gasteiger charge is -2.24. The van der Waals surface area contributed by atoms with Crippen LogP contribution >= 0.6 is 0 Å². The van der Waals surface area contributed by atoms with Gasteiger partial charge in [0.1, 0.15) is 0 Å². The van der Waals surface area contributed by atoms with Gasteiger partial charge in [0.15, 0.2) is 0 Å². The summed E-state index contributed by atoms with van der Waals surface area (Å²) in [5, 5.41) is 5.80. The van der Waals surface area contributed by atoms with Gasteiger partial charge in [-0.3, -0.25) is 0 Å². The van der Waals surface area contributed by atoms with E-state index in [1.54, 1.807) is 0 Å². The van der Waals surface area contributed by atoms with Gasteiger partial charge in [0.05, 0.1) is 0 Å².